The number of hydrogen-bond acceptors (Lipinski definition) is 4. The lowest BCUT2D eigenvalue weighted by Crippen LogP contribution is -2.44. The Morgan fingerprint density at radius 1 is 0.949 bits per heavy atom. The van der Waals surface area contributed by atoms with Crippen molar-refractivity contribution >= 4 is 11.8 Å². The molecular weight excluding hydrogens is 500 g/mol. The molecule has 2 heterocycles. The Morgan fingerprint density at radius 3 is 2.13 bits per heavy atom. The average Bonchev–Trinajstić information content (AvgIpc) is 2.96. The Labute approximate surface area is 230 Å². The lowest BCUT2D eigenvalue weighted by atomic mass is 9.94. The highest BCUT2D eigenvalue weighted by Gasteiger charge is 2.31. The van der Waals surface area contributed by atoms with Gasteiger partial charge in [0.15, 0.2) is 0 Å². The molecule has 0 aromatic heterocycles. The van der Waals surface area contributed by atoms with E-state index >= 15 is 0 Å². The quantitative estimate of drug-likeness (QED) is 0.434. The van der Waals surface area contributed by atoms with Gasteiger partial charge in [0.2, 0.25) is 5.91 Å². The van der Waals surface area contributed by atoms with E-state index in [1.165, 1.54) is 12.1 Å². The van der Waals surface area contributed by atoms with Crippen LogP contribution in [0.5, 0.6) is 5.75 Å². The van der Waals surface area contributed by atoms with Crippen molar-refractivity contribution in [1.29, 1.82) is 0 Å². The van der Waals surface area contributed by atoms with Crippen LogP contribution in [0.1, 0.15) is 62.7 Å². The van der Waals surface area contributed by atoms with Crippen LogP contribution in [-0.4, -0.2) is 66.6 Å². The van der Waals surface area contributed by atoms with Gasteiger partial charge in [-0.25, -0.2) is 8.78 Å². The Morgan fingerprint density at radius 2 is 1.56 bits per heavy atom. The highest BCUT2D eigenvalue weighted by Crippen LogP contribution is 2.28. The minimum Gasteiger partial charge on any atom is -0.493 e. The van der Waals surface area contributed by atoms with E-state index in [1.54, 1.807) is 11.0 Å². The number of benzene rings is 2. The molecule has 2 saturated heterocycles. The molecular formula is C31H41F2N3O3. The highest BCUT2D eigenvalue weighted by molar-refractivity contribution is 5.95. The lowest BCUT2D eigenvalue weighted by Gasteiger charge is -2.36. The molecule has 0 spiro atoms. The Balaban J connectivity index is 1.27. The third-order valence-electron chi connectivity index (χ3n) is 8.54. The zero-order chi connectivity index (χ0) is 28.0. The summed E-state index contributed by atoms with van der Waals surface area (Å²) >= 11 is 0. The van der Waals surface area contributed by atoms with E-state index in [4.69, 9.17) is 10.5 Å². The first kappa shape index (κ1) is 29.0. The molecule has 2 aliphatic heterocycles. The molecule has 6 nitrogen and oxygen atoms in total. The predicted octanol–water partition coefficient (Wildman–Crippen LogP) is 5.45. The van der Waals surface area contributed by atoms with Crippen LogP contribution in [0.15, 0.2) is 42.5 Å². The largest absolute Gasteiger partial charge is 0.493 e. The van der Waals surface area contributed by atoms with Crippen LogP contribution >= 0.6 is 0 Å². The van der Waals surface area contributed by atoms with Crippen LogP contribution in [0, 0.1) is 17.7 Å². The van der Waals surface area contributed by atoms with Gasteiger partial charge < -0.3 is 20.3 Å². The van der Waals surface area contributed by atoms with Crippen LogP contribution in [0.3, 0.4) is 0 Å². The number of nitrogens with zero attached hydrogens (tertiary/aromatic N) is 2. The van der Waals surface area contributed by atoms with Gasteiger partial charge in [-0.3, -0.25) is 9.59 Å². The first-order valence-electron chi connectivity index (χ1n) is 14.2. The number of likely N-dealkylation sites (tertiary alicyclic amines) is 2. The van der Waals surface area contributed by atoms with Gasteiger partial charge in [-0.15, -0.1) is 0 Å². The molecule has 2 amide bonds. The standard InChI is InChI=1S/C31H41F2N3O3/c1-3-31(33,4-2)21-35-15-11-22(12-16-35)20-39-26-8-5-23(6-9-26)25-7-10-27(28(32)19-25)30(38)36-17-13-24(14-18-36)29(34)37/h5-10,19,22,24H,3-4,11-18,20-21H2,1-2H3,(H2,34,37). The molecule has 4 rings (SSSR count). The van der Waals surface area contributed by atoms with Crippen molar-refractivity contribution in [2.75, 3.05) is 39.3 Å². The van der Waals surface area contributed by atoms with E-state index in [0.717, 1.165) is 37.2 Å². The van der Waals surface area contributed by atoms with Crippen molar-refractivity contribution in [1.82, 2.24) is 9.80 Å². The molecule has 2 aromatic carbocycles. The number of halogens is 2. The fourth-order valence-electron chi connectivity index (χ4n) is 5.55. The van der Waals surface area contributed by atoms with E-state index in [-0.39, 0.29) is 23.3 Å². The van der Waals surface area contributed by atoms with Crippen molar-refractivity contribution in [2.24, 2.45) is 17.6 Å². The number of nitrogens with two attached hydrogens (primary N) is 1. The number of amides is 2. The smallest absolute Gasteiger partial charge is 0.256 e. The zero-order valence-corrected chi connectivity index (χ0v) is 23.1. The van der Waals surface area contributed by atoms with Crippen molar-refractivity contribution < 1.29 is 23.1 Å². The third kappa shape index (κ3) is 7.35. The minimum atomic E-state index is -1.09. The van der Waals surface area contributed by atoms with Gasteiger partial charge in [0.25, 0.3) is 5.91 Å². The highest BCUT2D eigenvalue weighted by atomic mass is 19.1. The molecule has 2 fully saturated rings. The maximum absolute atomic E-state index is 14.9. The molecule has 0 unspecified atom stereocenters. The van der Waals surface area contributed by atoms with Gasteiger partial charge in [0.05, 0.1) is 12.2 Å². The lowest BCUT2D eigenvalue weighted by molar-refractivity contribution is -0.123. The van der Waals surface area contributed by atoms with Crippen LogP contribution in [0.2, 0.25) is 0 Å². The topological polar surface area (TPSA) is 75.9 Å². The van der Waals surface area contributed by atoms with Crippen molar-refractivity contribution in [3.05, 3.63) is 53.8 Å². The average molecular weight is 542 g/mol. The van der Waals surface area contributed by atoms with Crippen LogP contribution in [0.4, 0.5) is 8.78 Å². The first-order chi connectivity index (χ1) is 18.7. The van der Waals surface area contributed by atoms with Gasteiger partial charge in [0, 0.05) is 25.6 Å². The summed E-state index contributed by atoms with van der Waals surface area (Å²) in [5.74, 6) is -0.304. The van der Waals surface area contributed by atoms with E-state index in [2.05, 4.69) is 4.90 Å². The number of primary amides is 1. The van der Waals surface area contributed by atoms with Gasteiger partial charge in [-0.1, -0.05) is 32.0 Å². The Bertz CT molecular complexity index is 1120. The third-order valence-corrected chi connectivity index (χ3v) is 8.54. The second-order valence-corrected chi connectivity index (χ2v) is 11.1. The number of carbonyl (C=O) groups excluding carboxylic acids is 2. The summed E-state index contributed by atoms with van der Waals surface area (Å²) < 4.78 is 35.7. The molecule has 2 aliphatic rings. The van der Waals surface area contributed by atoms with Crippen molar-refractivity contribution in [3.8, 4) is 16.9 Å². The van der Waals surface area contributed by atoms with E-state index < -0.39 is 11.5 Å². The van der Waals surface area contributed by atoms with E-state index in [0.29, 0.717) is 63.4 Å². The molecule has 8 heteroatoms. The molecule has 2 N–H and O–H groups in total. The molecule has 0 saturated carbocycles. The predicted molar refractivity (Wildman–Crippen MR) is 149 cm³/mol. The second kappa shape index (κ2) is 12.9. The number of ether oxygens (including phenoxy) is 1. The number of hydrogen-bond donors (Lipinski definition) is 1. The number of carbonyl (C=O) groups is 2. The summed E-state index contributed by atoms with van der Waals surface area (Å²) in [5.41, 5.74) is 5.82. The molecule has 0 aliphatic carbocycles. The number of alkyl halides is 1. The SMILES string of the molecule is CCC(F)(CC)CN1CCC(COc2ccc(-c3ccc(C(=O)N4CCC(C(N)=O)CC4)c(F)c3)cc2)CC1. The molecule has 39 heavy (non-hydrogen) atoms. The number of piperidine rings is 2. The Kier molecular flexibility index (Phi) is 9.59. The summed E-state index contributed by atoms with van der Waals surface area (Å²) in [4.78, 5) is 28.0. The first-order valence-corrected chi connectivity index (χ1v) is 14.2. The van der Waals surface area contributed by atoms with E-state index in [9.17, 15) is 18.4 Å². The summed E-state index contributed by atoms with van der Waals surface area (Å²) in [7, 11) is 0. The van der Waals surface area contributed by atoms with Crippen LogP contribution in [0.25, 0.3) is 11.1 Å². The molecule has 212 valence electrons. The van der Waals surface area contributed by atoms with Gasteiger partial charge in [0.1, 0.15) is 17.2 Å². The van der Waals surface area contributed by atoms with Gasteiger partial charge in [-0.2, -0.15) is 0 Å². The monoisotopic (exact) mass is 541 g/mol. The summed E-state index contributed by atoms with van der Waals surface area (Å²) in [5, 5.41) is 0. The maximum atomic E-state index is 14.9. The van der Waals surface area contributed by atoms with Gasteiger partial charge in [-0.05, 0) is 92.9 Å². The number of rotatable bonds is 10. The molecule has 2 aromatic rings. The van der Waals surface area contributed by atoms with Crippen molar-refractivity contribution in [3.63, 3.8) is 0 Å². The fourth-order valence-corrected chi connectivity index (χ4v) is 5.55. The summed E-state index contributed by atoms with van der Waals surface area (Å²) in [6, 6.07) is 12.2. The van der Waals surface area contributed by atoms with Crippen LogP contribution < -0.4 is 10.5 Å². The zero-order valence-electron chi connectivity index (χ0n) is 23.1. The van der Waals surface area contributed by atoms with Gasteiger partial charge >= 0.3 is 0 Å². The Hall–Kier alpha value is -3.00. The second-order valence-electron chi connectivity index (χ2n) is 11.1. The summed E-state index contributed by atoms with van der Waals surface area (Å²) in [6.07, 6.45) is 4.11. The minimum absolute atomic E-state index is 0.0314. The summed E-state index contributed by atoms with van der Waals surface area (Å²) in [6.45, 7) is 7.55. The van der Waals surface area contributed by atoms with Crippen molar-refractivity contribution in [2.45, 2.75) is 58.0 Å². The normalized spacial score (nSPS) is 17.8. The molecule has 0 bridgehead atoms. The fraction of sp³-hybridized carbons (Fsp3) is 0.548. The molecule has 0 radical (unpaired) electrons. The maximum Gasteiger partial charge on any atom is 0.256 e. The van der Waals surface area contributed by atoms with Crippen LogP contribution in [-0.2, 0) is 4.79 Å². The molecule has 0 atom stereocenters. The van der Waals surface area contributed by atoms with E-state index in [1.807, 2.05) is 38.1 Å².